The van der Waals surface area contributed by atoms with Crippen molar-refractivity contribution in [2.45, 2.75) is 52.5 Å². The van der Waals surface area contributed by atoms with Crippen molar-refractivity contribution in [1.29, 1.82) is 0 Å². The maximum atomic E-state index is 12.6. The number of oxazole rings is 1. The molecule has 0 bridgehead atoms. The monoisotopic (exact) mass is 582 g/mol. The van der Waals surface area contributed by atoms with Crippen LogP contribution in [0.5, 0.6) is 5.75 Å². The number of rotatable bonds is 11. The highest BCUT2D eigenvalue weighted by Gasteiger charge is 2.26. The fourth-order valence-corrected chi connectivity index (χ4v) is 5.33. The van der Waals surface area contributed by atoms with Crippen LogP contribution in [0.15, 0.2) is 71.1 Å². The number of ether oxygens (including phenoxy) is 3. The summed E-state index contributed by atoms with van der Waals surface area (Å²) in [5, 5.41) is 0. The number of esters is 1. The topological polar surface area (TPSA) is 91.1 Å². The number of hydrogen-bond donors (Lipinski definition) is 0. The molecule has 1 aromatic heterocycles. The van der Waals surface area contributed by atoms with Gasteiger partial charge in [0.05, 0.1) is 26.0 Å². The standard InChI is InChI=1S/C35H38N2O6/c1-4-21-42-35(39)37-20-18-29-30(23-37)27(15-17-33(38)40-3)14-16-32(29)41-22-19-31-24(2)43-34(36-31)28-12-10-26(11-13-28)25-8-6-5-7-9-25/h5-14,16H,4,15,17-23H2,1-3H3. The number of carbonyl (C=O) groups is 2. The zero-order chi connectivity index (χ0) is 30.2. The third-order valence-electron chi connectivity index (χ3n) is 7.71. The maximum absolute atomic E-state index is 12.6. The number of aromatic nitrogens is 1. The van der Waals surface area contributed by atoms with Crippen LogP contribution in [0.3, 0.4) is 0 Å². The molecule has 5 rings (SSSR count). The zero-order valence-corrected chi connectivity index (χ0v) is 25.1. The zero-order valence-electron chi connectivity index (χ0n) is 25.1. The minimum Gasteiger partial charge on any atom is -0.493 e. The number of nitrogens with zero attached hydrogens (tertiary/aromatic N) is 2. The molecular weight excluding hydrogens is 544 g/mol. The molecule has 2 heterocycles. The fourth-order valence-electron chi connectivity index (χ4n) is 5.33. The lowest BCUT2D eigenvalue weighted by molar-refractivity contribution is -0.140. The Balaban J connectivity index is 1.27. The van der Waals surface area contributed by atoms with E-state index in [4.69, 9.17) is 23.6 Å². The van der Waals surface area contributed by atoms with Gasteiger partial charge < -0.3 is 23.5 Å². The van der Waals surface area contributed by atoms with Crippen molar-refractivity contribution in [2.75, 3.05) is 26.9 Å². The van der Waals surface area contributed by atoms with E-state index in [0.29, 0.717) is 51.5 Å². The molecule has 43 heavy (non-hydrogen) atoms. The number of aryl methyl sites for hydroxylation is 2. The predicted molar refractivity (Wildman–Crippen MR) is 164 cm³/mol. The van der Waals surface area contributed by atoms with Gasteiger partial charge in [0, 0.05) is 37.1 Å². The van der Waals surface area contributed by atoms with Crippen LogP contribution < -0.4 is 4.74 Å². The number of benzene rings is 3. The smallest absolute Gasteiger partial charge is 0.410 e. The summed E-state index contributed by atoms with van der Waals surface area (Å²) in [7, 11) is 1.39. The molecule has 0 fully saturated rings. The minimum atomic E-state index is -0.315. The van der Waals surface area contributed by atoms with E-state index in [1.807, 2.05) is 56.3 Å². The number of fused-ring (bicyclic) bond motifs is 1. The molecule has 0 saturated carbocycles. The summed E-state index contributed by atoms with van der Waals surface area (Å²) in [4.78, 5) is 30.9. The normalized spacial score (nSPS) is 12.5. The van der Waals surface area contributed by atoms with Crippen molar-refractivity contribution in [2.24, 2.45) is 0 Å². The van der Waals surface area contributed by atoms with Crippen LogP contribution in [0.4, 0.5) is 4.79 Å². The van der Waals surface area contributed by atoms with Crippen molar-refractivity contribution in [3.05, 3.63) is 94.9 Å². The van der Waals surface area contributed by atoms with Gasteiger partial charge in [-0.3, -0.25) is 4.79 Å². The Kier molecular flexibility index (Phi) is 9.77. The molecule has 8 nitrogen and oxygen atoms in total. The summed E-state index contributed by atoms with van der Waals surface area (Å²) in [6, 6.07) is 22.4. The molecule has 4 aromatic rings. The molecule has 0 N–H and O–H groups in total. The quantitative estimate of drug-likeness (QED) is 0.177. The van der Waals surface area contributed by atoms with Gasteiger partial charge in [0.2, 0.25) is 5.89 Å². The van der Waals surface area contributed by atoms with E-state index in [-0.39, 0.29) is 18.5 Å². The Labute approximate surface area is 252 Å². The van der Waals surface area contributed by atoms with Crippen LogP contribution in [-0.4, -0.2) is 48.8 Å². The van der Waals surface area contributed by atoms with Crippen LogP contribution in [0.25, 0.3) is 22.6 Å². The molecule has 3 aromatic carbocycles. The predicted octanol–water partition coefficient (Wildman–Crippen LogP) is 6.95. The van der Waals surface area contributed by atoms with E-state index in [9.17, 15) is 9.59 Å². The van der Waals surface area contributed by atoms with Crippen molar-refractivity contribution >= 4 is 12.1 Å². The summed E-state index contributed by atoms with van der Waals surface area (Å²) in [6.45, 7) is 5.67. The molecule has 224 valence electrons. The van der Waals surface area contributed by atoms with Gasteiger partial charge in [-0.25, -0.2) is 9.78 Å². The molecular formula is C35H38N2O6. The number of amides is 1. The van der Waals surface area contributed by atoms with Crippen LogP contribution in [0.1, 0.15) is 47.9 Å². The van der Waals surface area contributed by atoms with Gasteiger partial charge in [-0.2, -0.15) is 0 Å². The largest absolute Gasteiger partial charge is 0.493 e. The summed E-state index contributed by atoms with van der Waals surface area (Å²) in [5.41, 5.74) is 7.18. The SMILES string of the molecule is CCCOC(=O)N1CCc2c(OCCc3nc(-c4ccc(-c5ccccc5)cc4)oc3C)ccc(CCC(=O)OC)c2C1. The van der Waals surface area contributed by atoms with Gasteiger partial charge in [0.15, 0.2) is 0 Å². The first-order valence-electron chi connectivity index (χ1n) is 14.8. The molecule has 0 atom stereocenters. The second-order valence-corrected chi connectivity index (χ2v) is 10.6. The summed E-state index contributed by atoms with van der Waals surface area (Å²) in [5.74, 6) is 1.89. The Morgan fingerprint density at radius 1 is 0.907 bits per heavy atom. The Bertz CT molecular complexity index is 1540. The third-order valence-corrected chi connectivity index (χ3v) is 7.71. The Morgan fingerprint density at radius 3 is 2.40 bits per heavy atom. The lowest BCUT2D eigenvalue weighted by Crippen LogP contribution is -2.37. The molecule has 1 aliphatic rings. The van der Waals surface area contributed by atoms with Crippen molar-refractivity contribution in [3.8, 4) is 28.3 Å². The van der Waals surface area contributed by atoms with E-state index in [2.05, 4.69) is 24.3 Å². The van der Waals surface area contributed by atoms with Gasteiger partial charge in [0.1, 0.15) is 11.5 Å². The molecule has 0 radical (unpaired) electrons. The highest BCUT2D eigenvalue weighted by molar-refractivity contribution is 5.70. The van der Waals surface area contributed by atoms with Crippen molar-refractivity contribution in [3.63, 3.8) is 0 Å². The van der Waals surface area contributed by atoms with Crippen LogP contribution in [0, 0.1) is 6.92 Å². The molecule has 0 saturated heterocycles. The van der Waals surface area contributed by atoms with Gasteiger partial charge in [0.25, 0.3) is 0 Å². The second-order valence-electron chi connectivity index (χ2n) is 10.6. The molecule has 1 amide bonds. The lowest BCUT2D eigenvalue weighted by Gasteiger charge is -2.31. The van der Waals surface area contributed by atoms with Crippen LogP contribution in [-0.2, 0) is 40.1 Å². The van der Waals surface area contributed by atoms with Crippen LogP contribution >= 0.6 is 0 Å². The van der Waals surface area contributed by atoms with E-state index in [1.54, 1.807) is 4.90 Å². The first-order chi connectivity index (χ1) is 21.0. The highest BCUT2D eigenvalue weighted by atomic mass is 16.6. The minimum absolute atomic E-state index is 0.265. The summed E-state index contributed by atoms with van der Waals surface area (Å²) >= 11 is 0. The second kappa shape index (κ2) is 14.1. The van der Waals surface area contributed by atoms with Gasteiger partial charge in [-0.1, -0.05) is 55.5 Å². The van der Waals surface area contributed by atoms with E-state index >= 15 is 0 Å². The average Bonchev–Trinajstić information content (AvgIpc) is 3.42. The van der Waals surface area contributed by atoms with E-state index in [1.165, 1.54) is 12.7 Å². The van der Waals surface area contributed by atoms with Gasteiger partial charge in [-0.15, -0.1) is 0 Å². The summed E-state index contributed by atoms with van der Waals surface area (Å²) in [6.07, 6.45) is 2.48. The summed E-state index contributed by atoms with van der Waals surface area (Å²) < 4.78 is 22.5. The first-order valence-corrected chi connectivity index (χ1v) is 14.8. The molecule has 0 aliphatic carbocycles. The highest BCUT2D eigenvalue weighted by Crippen LogP contribution is 2.33. The van der Waals surface area contributed by atoms with Crippen molar-refractivity contribution in [1.82, 2.24) is 9.88 Å². The number of hydrogen-bond acceptors (Lipinski definition) is 7. The van der Waals surface area contributed by atoms with Gasteiger partial charge >= 0.3 is 12.1 Å². The molecule has 1 aliphatic heterocycles. The lowest BCUT2D eigenvalue weighted by atomic mass is 9.92. The molecule has 0 unspecified atom stereocenters. The van der Waals surface area contributed by atoms with Crippen LogP contribution in [0.2, 0.25) is 0 Å². The van der Waals surface area contributed by atoms with Crippen molar-refractivity contribution < 1.29 is 28.2 Å². The Morgan fingerprint density at radius 2 is 1.65 bits per heavy atom. The third kappa shape index (κ3) is 7.25. The van der Waals surface area contributed by atoms with Gasteiger partial charge in [-0.05, 0) is 66.6 Å². The molecule has 8 heteroatoms. The first kappa shape index (κ1) is 29.9. The average molecular weight is 583 g/mol. The number of carbonyl (C=O) groups excluding carboxylic acids is 2. The fraction of sp³-hybridized carbons (Fsp3) is 0.343. The van der Waals surface area contributed by atoms with E-state index in [0.717, 1.165) is 51.4 Å². The molecule has 0 spiro atoms. The Hall–Kier alpha value is -4.59. The van der Waals surface area contributed by atoms with E-state index < -0.39 is 0 Å². The number of methoxy groups -OCH3 is 1. The maximum Gasteiger partial charge on any atom is 0.410 e.